The highest BCUT2D eigenvalue weighted by molar-refractivity contribution is 7.90. The third-order valence-electron chi connectivity index (χ3n) is 5.11. The first-order valence-electron chi connectivity index (χ1n) is 9.45. The second-order valence-electron chi connectivity index (χ2n) is 8.15. The molecule has 0 radical (unpaired) electrons. The average molecular weight is 439 g/mol. The summed E-state index contributed by atoms with van der Waals surface area (Å²) in [5.74, 6) is 0.0575. The van der Waals surface area contributed by atoms with Crippen LogP contribution in [0.2, 0.25) is 0 Å². The van der Waals surface area contributed by atoms with E-state index in [0.717, 1.165) is 28.5 Å². The van der Waals surface area contributed by atoms with Crippen LogP contribution in [0.5, 0.6) is 0 Å². The van der Waals surface area contributed by atoms with Crippen LogP contribution in [0.4, 0.5) is 0 Å². The number of rotatable bonds is 9. The normalized spacial score (nSPS) is 14.0. The fourth-order valence-corrected chi connectivity index (χ4v) is 4.18. The Bertz CT molecular complexity index is 1030. The van der Waals surface area contributed by atoms with Gasteiger partial charge in [-0.05, 0) is 54.9 Å². The molecule has 0 fully saturated rings. The molecule has 3 N–H and O–H groups in total. The van der Waals surface area contributed by atoms with Crippen LogP contribution < -0.4 is 9.86 Å². The predicted molar refractivity (Wildman–Crippen MR) is 119 cm³/mol. The zero-order valence-electron chi connectivity index (χ0n) is 17.3. The maximum atomic E-state index is 11.7. The summed E-state index contributed by atoms with van der Waals surface area (Å²) in [6.07, 6.45) is 2.22. The van der Waals surface area contributed by atoms with Crippen LogP contribution in [0.15, 0.2) is 48.5 Å². The largest absolute Gasteiger partial charge is 0.228 e. The first kappa shape index (κ1) is 23.5. The lowest BCUT2D eigenvalue weighted by Gasteiger charge is -2.26. The van der Waals surface area contributed by atoms with Crippen molar-refractivity contribution in [1.29, 1.82) is 0 Å². The molecule has 0 bridgehead atoms. The minimum atomic E-state index is -3.61. The van der Waals surface area contributed by atoms with Gasteiger partial charge in [-0.2, -0.15) is 0 Å². The van der Waals surface area contributed by atoms with Crippen LogP contribution in [-0.2, 0) is 26.5 Å². The predicted octanol–water partition coefficient (Wildman–Crippen LogP) is 3.01. The first-order valence-corrected chi connectivity index (χ1v) is 12.9. The minimum absolute atomic E-state index is 0.0575. The lowest BCUT2D eigenvalue weighted by atomic mass is 9.90. The first-order chi connectivity index (χ1) is 13.3. The van der Waals surface area contributed by atoms with Crippen molar-refractivity contribution in [3.63, 3.8) is 0 Å². The number of nitrogens with one attached hydrogen (secondary N) is 1. The minimum Gasteiger partial charge on any atom is -0.228 e. The Morgan fingerprint density at radius 2 is 1.41 bits per heavy atom. The molecule has 0 unspecified atom stereocenters. The Kier molecular flexibility index (Phi) is 7.27. The molecule has 8 heteroatoms. The Morgan fingerprint density at radius 1 is 0.931 bits per heavy atom. The van der Waals surface area contributed by atoms with Gasteiger partial charge in [0.1, 0.15) is 0 Å². The van der Waals surface area contributed by atoms with E-state index in [1.54, 1.807) is 13.8 Å². The van der Waals surface area contributed by atoms with Gasteiger partial charge in [0, 0.05) is 6.54 Å². The Balaban J connectivity index is 2.04. The molecule has 0 spiro atoms. The van der Waals surface area contributed by atoms with Gasteiger partial charge in [0.25, 0.3) is 0 Å². The van der Waals surface area contributed by atoms with E-state index >= 15 is 0 Å². The van der Waals surface area contributed by atoms with Gasteiger partial charge in [-0.3, -0.25) is 0 Å². The molecule has 0 aliphatic heterocycles. The van der Waals surface area contributed by atoms with E-state index in [1.807, 2.05) is 55.5 Å². The zero-order chi connectivity index (χ0) is 21.9. The molecule has 0 saturated heterocycles. The van der Waals surface area contributed by atoms with E-state index in [4.69, 9.17) is 5.14 Å². The van der Waals surface area contributed by atoms with Gasteiger partial charge in [-0.25, -0.2) is 26.7 Å². The van der Waals surface area contributed by atoms with Crippen LogP contribution in [-0.4, -0.2) is 34.4 Å². The van der Waals surface area contributed by atoms with Crippen molar-refractivity contribution in [3.8, 4) is 11.1 Å². The SMILES string of the molecule is C[C@@H](CC(C)(C)S(N)(=O)=O)c1ccc(-c2ccc(CCNS(C)(=O)=O)cc2)cc1. The quantitative estimate of drug-likeness (QED) is 0.627. The highest BCUT2D eigenvalue weighted by atomic mass is 32.2. The summed E-state index contributed by atoms with van der Waals surface area (Å²) in [4.78, 5) is 0. The maximum absolute atomic E-state index is 11.7. The Labute approximate surface area is 174 Å². The number of primary sulfonamides is 1. The molecule has 6 nitrogen and oxygen atoms in total. The molecule has 2 rings (SSSR count). The molecule has 2 aromatic rings. The highest BCUT2D eigenvalue weighted by Crippen LogP contribution is 2.31. The van der Waals surface area contributed by atoms with E-state index in [0.29, 0.717) is 19.4 Å². The summed E-state index contributed by atoms with van der Waals surface area (Å²) >= 11 is 0. The van der Waals surface area contributed by atoms with Crippen LogP contribution in [0.1, 0.15) is 44.2 Å². The monoisotopic (exact) mass is 438 g/mol. The number of benzene rings is 2. The van der Waals surface area contributed by atoms with E-state index in [1.165, 1.54) is 0 Å². The van der Waals surface area contributed by atoms with E-state index < -0.39 is 24.8 Å². The number of hydrogen-bond donors (Lipinski definition) is 2. The molecular formula is C21H30N2O4S2. The summed E-state index contributed by atoms with van der Waals surface area (Å²) in [5.41, 5.74) is 4.25. The molecular weight excluding hydrogens is 408 g/mol. The number of hydrogen-bond acceptors (Lipinski definition) is 4. The molecule has 1 atom stereocenters. The van der Waals surface area contributed by atoms with Crippen molar-refractivity contribution in [3.05, 3.63) is 59.7 Å². The molecule has 0 saturated carbocycles. The smallest absolute Gasteiger partial charge is 0.214 e. The summed E-state index contributed by atoms with van der Waals surface area (Å²) < 4.78 is 47.2. The fourth-order valence-electron chi connectivity index (χ4n) is 3.22. The van der Waals surface area contributed by atoms with Crippen LogP contribution >= 0.6 is 0 Å². The second-order valence-corrected chi connectivity index (χ2v) is 12.2. The Morgan fingerprint density at radius 3 is 1.86 bits per heavy atom. The van der Waals surface area contributed by atoms with Crippen molar-refractivity contribution in [2.24, 2.45) is 5.14 Å². The van der Waals surface area contributed by atoms with Gasteiger partial charge >= 0.3 is 0 Å². The van der Waals surface area contributed by atoms with E-state index in [9.17, 15) is 16.8 Å². The third-order valence-corrected chi connectivity index (χ3v) is 7.55. The number of nitrogens with two attached hydrogens (primary N) is 1. The van der Waals surface area contributed by atoms with Crippen molar-refractivity contribution in [1.82, 2.24) is 4.72 Å². The topological polar surface area (TPSA) is 106 Å². The van der Waals surface area contributed by atoms with Crippen LogP contribution in [0.25, 0.3) is 11.1 Å². The summed E-state index contributed by atoms with van der Waals surface area (Å²) in [7, 11) is -6.78. The van der Waals surface area contributed by atoms with E-state index in [2.05, 4.69) is 4.72 Å². The molecule has 160 valence electrons. The molecule has 0 aliphatic rings. The van der Waals surface area contributed by atoms with Crippen molar-refractivity contribution in [2.45, 2.75) is 44.3 Å². The molecule has 0 heterocycles. The second kappa shape index (κ2) is 8.95. The molecule has 2 aromatic carbocycles. The maximum Gasteiger partial charge on any atom is 0.214 e. The lowest BCUT2D eigenvalue weighted by Crippen LogP contribution is -2.38. The molecule has 0 aromatic heterocycles. The average Bonchev–Trinajstić information content (AvgIpc) is 2.60. The molecule has 29 heavy (non-hydrogen) atoms. The third kappa shape index (κ3) is 6.92. The molecule has 0 aliphatic carbocycles. The summed E-state index contributed by atoms with van der Waals surface area (Å²) in [6, 6.07) is 16.1. The highest BCUT2D eigenvalue weighted by Gasteiger charge is 2.33. The fraction of sp³-hybridized carbons (Fsp3) is 0.429. The van der Waals surface area contributed by atoms with E-state index in [-0.39, 0.29) is 5.92 Å². The van der Waals surface area contributed by atoms with Gasteiger partial charge < -0.3 is 0 Å². The van der Waals surface area contributed by atoms with Gasteiger partial charge in [0.05, 0.1) is 11.0 Å². The van der Waals surface area contributed by atoms with Crippen molar-refractivity contribution in [2.75, 3.05) is 12.8 Å². The van der Waals surface area contributed by atoms with Gasteiger partial charge in [-0.1, -0.05) is 55.5 Å². The summed E-state index contributed by atoms with van der Waals surface area (Å²) in [6.45, 7) is 5.68. The van der Waals surface area contributed by atoms with Gasteiger partial charge in [-0.15, -0.1) is 0 Å². The lowest BCUT2D eigenvalue weighted by molar-refractivity contribution is 0.500. The molecule has 0 amide bonds. The van der Waals surface area contributed by atoms with Crippen LogP contribution in [0, 0.1) is 0 Å². The number of sulfonamides is 2. The Hall–Kier alpha value is -1.74. The van der Waals surface area contributed by atoms with Crippen LogP contribution in [0.3, 0.4) is 0 Å². The van der Waals surface area contributed by atoms with Gasteiger partial charge in [0.15, 0.2) is 0 Å². The summed E-state index contributed by atoms with van der Waals surface area (Å²) in [5, 5.41) is 5.34. The zero-order valence-corrected chi connectivity index (χ0v) is 19.0. The van der Waals surface area contributed by atoms with Crippen molar-refractivity contribution >= 4 is 20.0 Å². The standard InChI is InChI=1S/C21H30N2O4S2/c1-16(15-21(2,3)29(22,26)27)18-9-11-20(12-10-18)19-7-5-17(6-8-19)13-14-23-28(4,24)25/h5-12,16,23H,13-15H2,1-4H3,(H2,22,26,27)/t16-/m0/s1. The van der Waals surface area contributed by atoms with Crippen molar-refractivity contribution < 1.29 is 16.8 Å². The van der Waals surface area contributed by atoms with Gasteiger partial charge in [0.2, 0.25) is 20.0 Å².